The molecule has 0 aromatic rings. The van der Waals surface area contributed by atoms with Gasteiger partial charge in [-0.15, -0.1) is 0 Å². The van der Waals surface area contributed by atoms with E-state index in [0.717, 1.165) is 12.8 Å². The molecule has 0 aromatic carbocycles. The van der Waals surface area contributed by atoms with Crippen molar-refractivity contribution in [2.45, 2.75) is 58.8 Å². The summed E-state index contributed by atoms with van der Waals surface area (Å²) in [4.78, 5) is 23.9. The quantitative estimate of drug-likeness (QED) is 0.565. The Morgan fingerprint density at radius 3 is 2.19 bits per heavy atom. The molecule has 0 saturated heterocycles. The molecule has 0 aliphatic heterocycles. The number of nitrogens with one attached hydrogen (secondary N) is 2. The molecule has 21 heavy (non-hydrogen) atoms. The minimum Gasteiger partial charge on any atom is -0.354 e. The van der Waals surface area contributed by atoms with E-state index in [1.54, 1.807) is 0 Å². The molecule has 0 atom stereocenters. The van der Waals surface area contributed by atoms with E-state index in [2.05, 4.69) is 10.6 Å². The number of carbonyl (C=O) groups excluding carboxylic acids is 2. The van der Waals surface area contributed by atoms with E-state index < -0.39 is 5.41 Å². The van der Waals surface area contributed by atoms with Crippen molar-refractivity contribution in [3.05, 3.63) is 0 Å². The number of hydrogen-bond donors (Lipinski definition) is 3. The van der Waals surface area contributed by atoms with Crippen LogP contribution in [0.4, 0.5) is 0 Å². The zero-order valence-electron chi connectivity index (χ0n) is 13.5. The predicted octanol–water partition coefficient (Wildman–Crippen LogP) is 1.56. The van der Waals surface area contributed by atoms with Crippen LogP contribution in [0.1, 0.15) is 58.8 Å². The van der Waals surface area contributed by atoms with E-state index in [9.17, 15) is 9.59 Å². The molecular weight excluding hydrogens is 266 g/mol. The summed E-state index contributed by atoms with van der Waals surface area (Å²) in [5.74, 6) is 0.664. The third-order valence-electron chi connectivity index (χ3n) is 4.91. The van der Waals surface area contributed by atoms with E-state index in [4.69, 9.17) is 5.73 Å². The van der Waals surface area contributed by atoms with Crippen LogP contribution in [0.25, 0.3) is 0 Å². The lowest BCUT2D eigenvalue weighted by Gasteiger charge is -2.28. The molecule has 1 aliphatic carbocycles. The summed E-state index contributed by atoms with van der Waals surface area (Å²) in [6, 6.07) is 0. The summed E-state index contributed by atoms with van der Waals surface area (Å²) >= 11 is 0. The number of amides is 2. The first kappa shape index (κ1) is 18.0. The van der Waals surface area contributed by atoms with Gasteiger partial charge in [0.2, 0.25) is 11.8 Å². The normalized spacial score (nSPS) is 16.0. The lowest BCUT2D eigenvalue weighted by atomic mass is 9.81. The fourth-order valence-corrected chi connectivity index (χ4v) is 3.07. The monoisotopic (exact) mass is 297 g/mol. The number of nitrogens with two attached hydrogens (primary N) is 1. The minimum atomic E-state index is -0.464. The van der Waals surface area contributed by atoms with Gasteiger partial charge < -0.3 is 16.4 Å². The van der Waals surface area contributed by atoms with Crippen molar-refractivity contribution in [2.75, 3.05) is 19.6 Å². The minimum absolute atomic E-state index is 0.0000388. The van der Waals surface area contributed by atoms with Crippen molar-refractivity contribution < 1.29 is 9.59 Å². The number of hydrogen-bond acceptors (Lipinski definition) is 3. The smallest absolute Gasteiger partial charge is 0.227 e. The van der Waals surface area contributed by atoms with Crippen LogP contribution >= 0.6 is 0 Å². The van der Waals surface area contributed by atoms with Gasteiger partial charge in [-0.1, -0.05) is 26.7 Å². The van der Waals surface area contributed by atoms with E-state index in [1.165, 1.54) is 25.7 Å². The topological polar surface area (TPSA) is 84.2 Å². The summed E-state index contributed by atoms with van der Waals surface area (Å²) in [7, 11) is 0. The molecule has 0 bridgehead atoms. The second-order valence-corrected chi connectivity index (χ2v) is 6.15. The van der Waals surface area contributed by atoms with Gasteiger partial charge in [0.1, 0.15) is 0 Å². The fraction of sp³-hybridized carbons (Fsp3) is 0.875. The first-order valence-electron chi connectivity index (χ1n) is 8.33. The fourth-order valence-electron chi connectivity index (χ4n) is 3.07. The molecule has 0 unspecified atom stereocenters. The van der Waals surface area contributed by atoms with Gasteiger partial charge in [-0.2, -0.15) is 0 Å². The molecule has 1 saturated carbocycles. The zero-order chi connectivity index (χ0) is 15.7. The Bertz CT molecular complexity index is 326. The van der Waals surface area contributed by atoms with Crippen molar-refractivity contribution in [1.29, 1.82) is 0 Å². The van der Waals surface area contributed by atoms with Gasteiger partial charge in [-0.05, 0) is 31.6 Å². The van der Waals surface area contributed by atoms with Gasteiger partial charge in [0.05, 0.1) is 5.41 Å². The Balaban J connectivity index is 2.20. The predicted molar refractivity (Wildman–Crippen MR) is 84.7 cm³/mol. The Hall–Kier alpha value is -1.10. The molecule has 1 fully saturated rings. The maximum absolute atomic E-state index is 12.2. The average Bonchev–Trinajstić information content (AvgIpc) is 2.99. The molecule has 0 radical (unpaired) electrons. The van der Waals surface area contributed by atoms with Crippen molar-refractivity contribution >= 4 is 11.8 Å². The summed E-state index contributed by atoms with van der Waals surface area (Å²) in [6.07, 6.45) is 6.96. The summed E-state index contributed by atoms with van der Waals surface area (Å²) in [5, 5.41) is 5.78. The zero-order valence-corrected chi connectivity index (χ0v) is 13.5. The molecule has 0 heterocycles. The number of rotatable bonds is 9. The summed E-state index contributed by atoms with van der Waals surface area (Å²) in [5.41, 5.74) is 5.28. The Labute approximate surface area is 128 Å². The van der Waals surface area contributed by atoms with Crippen molar-refractivity contribution in [3.63, 3.8) is 0 Å². The van der Waals surface area contributed by atoms with Gasteiger partial charge >= 0.3 is 0 Å². The molecule has 5 heteroatoms. The molecule has 5 nitrogen and oxygen atoms in total. The van der Waals surface area contributed by atoms with Crippen LogP contribution in [-0.2, 0) is 9.59 Å². The molecular formula is C16H31N3O2. The van der Waals surface area contributed by atoms with Crippen LogP contribution in [0, 0.1) is 11.3 Å². The van der Waals surface area contributed by atoms with Crippen LogP contribution in [-0.4, -0.2) is 31.4 Å². The highest BCUT2D eigenvalue weighted by atomic mass is 16.2. The van der Waals surface area contributed by atoms with Crippen LogP contribution < -0.4 is 16.4 Å². The second-order valence-electron chi connectivity index (χ2n) is 6.15. The standard InChI is InChI=1S/C16H31N3O2/c1-3-16(4-2,12-17)15(21)19-10-9-18-14(20)11-13-7-5-6-8-13/h13H,3-12,17H2,1-2H3,(H,18,20)(H,19,21). The molecule has 4 N–H and O–H groups in total. The van der Waals surface area contributed by atoms with Gasteiger partial charge in [-0.3, -0.25) is 9.59 Å². The van der Waals surface area contributed by atoms with Gasteiger partial charge in [-0.25, -0.2) is 0 Å². The maximum atomic E-state index is 12.2. The Kier molecular flexibility index (Phi) is 7.72. The number of carbonyl (C=O) groups is 2. The summed E-state index contributed by atoms with van der Waals surface area (Å²) < 4.78 is 0. The second kappa shape index (κ2) is 9.03. The highest BCUT2D eigenvalue weighted by Crippen LogP contribution is 2.27. The van der Waals surface area contributed by atoms with E-state index in [1.807, 2.05) is 13.8 Å². The first-order chi connectivity index (χ1) is 10.1. The SMILES string of the molecule is CCC(CC)(CN)C(=O)NCCNC(=O)CC1CCCC1. The van der Waals surface area contributed by atoms with Crippen molar-refractivity contribution in [2.24, 2.45) is 17.1 Å². The molecule has 1 rings (SSSR count). The largest absolute Gasteiger partial charge is 0.354 e. The van der Waals surface area contributed by atoms with E-state index >= 15 is 0 Å². The molecule has 2 amide bonds. The highest BCUT2D eigenvalue weighted by Gasteiger charge is 2.32. The average molecular weight is 297 g/mol. The lowest BCUT2D eigenvalue weighted by molar-refractivity contribution is -0.131. The maximum Gasteiger partial charge on any atom is 0.227 e. The first-order valence-corrected chi connectivity index (χ1v) is 8.33. The van der Waals surface area contributed by atoms with E-state index in [0.29, 0.717) is 32.0 Å². The molecule has 1 aliphatic rings. The third-order valence-corrected chi connectivity index (χ3v) is 4.91. The third kappa shape index (κ3) is 5.30. The lowest BCUT2D eigenvalue weighted by Crippen LogP contribution is -2.47. The Morgan fingerprint density at radius 1 is 1.10 bits per heavy atom. The Morgan fingerprint density at radius 2 is 1.67 bits per heavy atom. The summed E-state index contributed by atoms with van der Waals surface area (Å²) in [6.45, 7) is 5.29. The van der Waals surface area contributed by atoms with Gasteiger partial charge in [0.25, 0.3) is 0 Å². The van der Waals surface area contributed by atoms with Crippen LogP contribution in [0.15, 0.2) is 0 Å². The molecule has 0 spiro atoms. The van der Waals surface area contributed by atoms with Crippen molar-refractivity contribution in [1.82, 2.24) is 10.6 Å². The highest BCUT2D eigenvalue weighted by molar-refractivity contribution is 5.83. The van der Waals surface area contributed by atoms with E-state index in [-0.39, 0.29) is 11.8 Å². The molecule has 0 aromatic heterocycles. The van der Waals surface area contributed by atoms with Crippen LogP contribution in [0.5, 0.6) is 0 Å². The van der Waals surface area contributed by atoms with Gasteiger partial charge in [0, 0.05) is 26.1 Å². The van der Waals surface area contributed by atoms with Crippen LogP contribution in [0.3, 0.4) is 0 Å². The molecule has 122 valence electrons. The van der Waals surface area contributed by atoms with Crippen LogP contribution in [0.2, 0.25) is 0 Å². The van der Waals surface area contributed by atoms with Crippen molar-refractivity contribution in [3.8, 4) is 0 Å². The van der Waals surface area contributed by atoms with Gasteiger partial charge in [0.15, 0.2) is 0 Å².